The van der Waals surface area contributed by atoms with Crippen LogP contribution in [0, 0.1) is 17.8 Å². The number of benzene rings is 1. The van der Waals surface area contributed by atoms with E-state index in [1.807, 2.05) is 13.0 Å². The maximum absolute atomic E-state index is 13.4. The minimum absolute atomic E-state index is 0.142. The Morgan fingerprint density at radius 1 is 1.22 bits per heavy atom. The van der Waals surface area contributed by atoms with Gasteiger partial charge in [-0.05, 0) is 54.2 Å². The van der Waals surface area contributed by atoms with Crippen LogP contribution in [0.5, 0.6) is 0 Å². The van der Waals surface area contributed by atoms with Crippen molar-refractivity contribution in [2.75, 3.05) is 13.1 Å². The van der Waals surface area contributed by atoms with Gasteiger partial charge in [0, 0.05) is 49.4 Å². The lowest BCUT2D eigenvalue weighted by atomic mass is 9.86. The van der Waals surface area contributed by atoms with Crippen LogP contribution in [0.1, 0.15) is 53.1 Å². The second-order valence-electron chi connectivity index (χ2n) is 9.78. The van der Waals surface area contributed by atoms with Crippen LogP contribution in [0.3, 0.4) is 0 Å². The molecule has 1 aliphatic carbocycles. The summed E-state index contributed by atoms with van der Waals surface area (Å²) in [6.07, 6.45) is -2.59. The number of hydrogen-bond donors (Lipinski definition) is 1. The molecule has 0 bridgehead atoms. The predicted octanol–water partition coefficient (Wildman–Crippen LogP) is 6.24. The summed E-state index contributed by atoms with van der Waals surface area (Å²) in [4.78, 5) is 26.3. The van der Waals surface area contributed by atoms with Crippen molar-refractivity contribution in [1.82, 2.24) is 9.47 Å². The van der Waals surface area contributed by atoms with Crippen molar-refractivity contribution >= 4 is 40.7 Å². The van der Waals surface area contributed by atoms with E-state index in [2.05, 4.69) is 0 Å². The van der Waals surface area contributed by atoms with Gasteiger partial charge < -0.3 is 14.6 Å². The van der Waals surface area contributed by atoms with E-state index >= 15 is 0 Å². The number of allylic oxidation sites excluding steroid dienone is 2. The molecule has 1 aromatic carbocycles. The third kappa shape index (κ3) is 4.90. The summed E-state index contributed by atoms with van der Waals surface area (Å²) >= 11 is 13.2. The van der Waals surface area contributed by atoms with Gasteiger partial charge in [0.05, 0.1) is 22.4 Å². The summed E-state index contributed by atoms with van der Waals surface area (Å²) < 4.78 is 42.0. The molecule has 10 heteroatoms. The van der Waals surface area contributed by atoms with Crippen LogP contribution in [-0.2, 0) is 24.7 Å². The molecule has 5 nitrogen and oxygen atoms in total. The first-order chi connectivity index (χ1) is 16.8. The summed E-state index contributed by atoms with van der Waals surface area (Å²) in [6.45, 7) is 4.10. The zero-order valence-electron chi connectivity index (χ0n) is 20.1. The average molecular weight is 543 g/mol. The fourth-order valence-electron chi connectivity index (χ4n) is 5.30. The molecule has 3 atom stereocenters. The third-order valence-electron chi connectivity index (χ3n) is 7.45. The molecule has 36 heavy (non-hydrogen) atoms. The van der Waals surface area contributed by atoms with Crippen LogP contribution in [0.15, 0.2) is 24.3 Å². The normalized spacial score (nSPS) is 22.3. The summed E-state index contributed by atoms with van der Waals surface area (Å²) in [5.74, 6) is -3.39. The Bertz CT molecular complexity index is 1250. The fraction of sp³-hybridized carbons (Fsp3) is 0.462. The number of carbonyl (C=O) groups is 2. The topological polar surface area (TPSA) is 62.5 Å². The minimum Gasteiger partial charge on any atom is -0.481 e. The Morgan fingerprint density at radius 3 is 2.53 bits per heavy atom. The van der Waals surface area contributed by atoms with Gasteiger partial charge in [-0.2, -0.15) is 13.2 Å². The van der Waals surface area contributed by atoms with E-state index in [1.165, 1.54) is 6.08 Å². The van der Waals surface area contributed by atoms with Gasteiger partial charge in [0.15, 0.2) is 0 Å². The number of fused-ring (bicyclic) bond motifs is 1. The van der Waals surface area contributed by atoms with Crippen molar-refractivity contribution in [3.63, 3.8) is 0 Å². The molecular weight excluding hydrogens is 516 g/mol. The smallest absolute Gasteiger partial charge is 0.395 e. The standard InChI is InChI=1S/C26H27Cl2F3N2O3/c1-13-8-15(26(29,30)31)9-22-19(13)10-16(32(22)3)11-20-21(27)5-4-18(23(20)28)24(34)33-7-6-17(25(35)36)14(2)12-33/h4-5,8,10,14-15,17H,6-7,9,11-12H2,1-3H3,(H,35,36). The number of piperidine rings is 1. The number of halogens is 5. The summed E-state index contributed by atoms with van der Waals surface area (Å²) in [7, 11) is 1.73. The molecule has 1 aromatic heterocycles. The highest BCUT2D eigenvalue weighted by molar-refractivity contribution is 6.38. The Balaban J connectivity index is 1.61. The molecule has 1 amide bonds. The number of carboxylic acid groups (broad SMARTS) is 1. The van der Waals surface area contributed by atoms with E-state index in [-0.39, 0.29) is 35.3 Å². The molecule has 1 saturated heterocycles. The van der Waals surface area contributed by atoms with Gasteiger partial charge in [-0.15, -0.1) is 0 Å². The Hall–Kier alpha value is -2.45. The van der Waals surface area contributed by atoms with Crippen LogP contribution in [-0.4, -0.2) is 45.7 Å². The van der Waals surface area contributed by atoms with Gasteiger partial charge >= 0.3 is 12.1 Å². The van der Waals surface area contributed by atoms with Crippen molar-refractivity contribution in [3.05, 3.63) is 62.4 Å². The number of carbonyl (C=O) groups excluding carboxylic acids is 1. The molecule has 0 saturated carbocycles. The molecule has 194 valence electrons. The molecule has 1 N–H and O–H groups in total. The second kappa shape index (κ2) is 9.78. The second-order valence-corrected chi connectivity index (χ2v) is 10.6. The van der Waals surface area contributed by atoms with Gasteiger partial charge in [-0.25, -0.2) is 0 Å². The van der Waals surface area contributed by atoms with Crippen LogP contribution in [0.2, 0.25) is 10.0 Å². The van der Waals surface area contributed by atoms with Gasteiger partial charge in [0.1, 0.15) is 0 Å². The number of amides is 1. The van der Waals surface area contributed by atoms with Crippen molar-refractivity contribution < 1.29 is 27.9 Å². The highest BCUT2D eigenvalue weighted by Gasteiger charge is 2.41. The number of aromatic nitrogens is 1. The number of carboxylic acids is 1. The monoisotopic (exact) mass is 542 g/mol. The zero-order chi connectivity index (χ0) is 26.5. The van der Waals surface area contributed by atoms with Crippen LogP contribution >= 0.6 is 23.2 Å². The zero-order valence-corrected chi connectivity index (χ0v) is 21.6. The maximum Gasteiger partial charge on any atom is 0.395 e. The number of rotatable bonds is 4. The predicted molar refractivity (Wildman–Crippen MR) is 132 cm³/mol. The van der Waals surface area contributed by atoms with Crippen molar-refractivity contribution in [2.45, 2.75) is 39.3 Å². The molecule has 0 spiro atoms. The molecule has 0 radical (unpaired) electrons. The largest absolute Gasteiger partial charge is 0.481 e. The van der Waals surface area contributed by atoms with Crippen LogP contribution in [0.25, 0.3) is 5.57 Å². The Kier molecular flexibility index (Phi) is 7.23. The first-order valence-corrected chi connectivity index (χ1v) is 12.5. The lowest BCUT2D eigenvalue weighted by Crippen LogP contribution is -2.45. The van der Waals surface area contributed by atoms with Gasteiger partial charge in [-0.1, -0.05) is 36.2 Å². The quantitative estimate of drug-likeness (QED) is 0.497. The first kappa shape index (κ1) is 26.6. The average Bonchev–Trinajstić information content (AvgIpc) is 3.11. The van der Waals surface area contributed by atoms with Gasteiger partial charge in [-0.3, -0.25) is 9.59 Å². The molecule has 1 fully saturated rings. The molecule has 1 aliphatic heterocycles. The maximum atomic E-state index is 13.4. The number of hydrogen-bond acceptors (Lipinski definition) is 2. The van der Waals surface area contributed by atoms with Gasteiger partial charge in [0.25, 0.3) is 5.91 Å². The Labute approximate surface area is 217 Å². The SMILES string of the molecule is CC1=CC(C(F)(F)F)Cc2c1cc(Cc1c(Cl)ccc(C(=O)N3CCC(C(=O)O)C(C)C3)c1Cl)n2C. The van der Waals surface area contributed by atoms with Crippen LogP contribution < -0.4 is 0 Å². The number of likely N-dealkylation sites (tertiary alicyclic amines) is 1. The van der Waals surface area contributed by atoms with Crippen molar-refractivity contribution in [3.8, 4) is 0 Å². The van der Waals surface area contributed by atoms with E-state index in [1.54, 1.807) is 35.6 Å². The number of alkyl halides is 3. The van der Waals surface area contributed by atoms with E-state index in [4.69, 9.17) is 23.2 Å². The van der Waals surface area contributed by atoms with Crippen molar-refractivity contribution in [2.24, 2.45) is 24.8 Å². The highest BCUT2D eigenvalue weighted by atomic mass is 35.5. The van der Waals surface area contributed by atoms with E-state index < -0.39 is 24.0 Å². The van der Waals surface area contributed by atoms with Crippen molar-refractivity contribution in [1.29, 1.82) is 0 Å². The van der Waals surface area contributed by atoms with E-state index in [0.717, 1.165) is 11.3 Å². The third-order valence-corrected chi connectivity index (χ3v) is 8.24. The van der Waals surface area contributed by atoms with E-state index in [9.17, 15) is 27.9 Å². The lowest BCUT2D eigenvalue weighted by molar-refractivity contribution is -0.161. The molecular formula is C26H27Cl2F3N2O3. The summed E-state index contributed by atoms with van der Waals surface area (Å²) in [6, 6.07) is 5.01. The fourth-order valence-corrected chi connectivity index (χ4v) is 5.89. The summed E-state index contributed by atoms with van der Waals surface area (Å²) in [5.41, 5.74) is 3.46. The minimum atomic E-state index is -4.32. The highest BCUT2D eigenvalue weighted by Crippen LogP contribution is 2.40. The van der Waals surface area contributed by atoms with Crippen LogP contribution in [0.4, 0.5) is 13.2 Å². The number of nitrogens with zero attached hydrogens (tertiary/aromatic N) is 2. The molecule has 4 rings (SSSR count). The molecule has 2 heterocycles. The Morgan fingerprint density at radius 2 is 1.92 bits per heavy atom. The van der Waals surface area contributed by atoms with E-state index in [0.29, 0.717) is 41.4 Å². The lowest BCUT2D eigenvalue weighted by Gasteiger charge is -2.35. The summed E-state index contributed by atoms with van der Waals surface area (Å²) in [5, 5.41) is 9.91. The molecule has 2 aromatic rings. The molecule has 2 aliphatic rings. The van der Waals surface area contributed by atoms with Gasteiger partial charge in [0.2, 0.25) is 0 Å². The number of aliphatic carboxylic acids is 1. The first-order valence-electron chi connectivity index (χ1n) is 11.7. The molecule has 3 unspecified atom stereocenters.